The molecule has 1 aliphatic rings. The summed E-state index contributed by atoms with van der Waals surface area (Å²) in [5.74, 6) is 0.795. The summed E-state index contributed by atoms with van der Waals surface area (Å²) in [6, 6.07) is 8.16. The Morgan fingerprint density at radius 1 is 1.26 bits per heavy atom. The zero-order valence-corrected chi connectivity index (χ0v) is 12.1. The molecule has 2 rings (SSSR count). The number of hydrogen-bond donors (Lipinski definition) is 0. The van der Waals surface area contributed by atoms with E-state index < -0.39 is 0 Å². The van der Waals surface area contributed by atoms with Gasteiger partial charge in [0.25, 0.3) is 5.91 Å². The van der Waals surface area contributed by atoms with Crippen LogP contribution in [0.5, 0.6) is 5.75 Å². The quantitative estimate of drug-likeness (QED) is 0.833. The molecule has 1 amide bonds. The van der Waals surface area contributed by atoms with Gasteiger partial charge >= 0.3 is 0 Å². The Morgan fingerprint density at radius 2 is 1.89 bits per heavy atom. The number of carbonyl (C=O) groups excluding carboxylic acids is 1. The van der Waals surface area contributed by atoms with Gasteiger partial charge in [0, 0.05) is 12.1 Å². The predicted molar refractivity (Wildman–Crippen MR) is 76.6 cm³/mol. The smallest absolute Gasteiger partial charge is 0.258 e. The zero-order valence-electron chi connectivity index (χ0n) is 12.1. The van der Waals surface area contributed by atoms with Crippen molar-refractivity contribution in [3.05, 3.63) is 29.8 Å². The van der Waals surface area contributed by atoms with Crippen LogP contribution in [0.15, 0.2) is 24.3 Å². The van der Waals surface area contributed by atoms with Crippen LogP contribution in [0.2, 0.25) is 0 Å². The van der Waals surface area contributed by atoms with Gasteiger partial charge in [-0.25, -0.2) is 0 Å². The van der Waals surface area contributed by atoms with Crippen LogP contribution >= 0.6 is 0 Å². The van der Waals surface area contributed by atoms with Crippen molar-refractivity contribution in [1.82, 2.24) is 4.90 Å². The second kappa shape index (κ2) is 6.09. The first-order valence-electron chi connectivity index (χ1n) is 7.19. The standard InChI is InChI=1S/C16H23NO2/c1-4-19-15-11-6-5-10-14(15)16(18)17-12(2)8-7-9-13(17)3/h5-6,10-13H,4,7-9H2,1-3H3. The van der Waals surface area contributed by atoms with Gasteiger partial charge in [0.05, 0.1) is 12.2 Å². The Hall–Kier alpha value is -1.51. The number of carbonyl (C=O) groups is 1. The number of rotatable bonds is 3. The Kier molecular flexibility index (Phi) is 4.46. The molecule has 0 aromatic heterocycles. The minimum Gasteiger partial charge on any atom is -0.493 e. The Labute approximate surface area is 115 Å². The van der Waals surface area contributed by atoms with Crippen molar-refractivity contribution in [2.75, 3.05) is 6.61 Å². The maximum atomic E-state index is 12.8. The van der Waals surface area contributed by atoms with Crippen molar-refractivity contribution in [2.24, 2.45) is 0 Å². The number of hydrogen-bond acceptors (Lipinski definition) is 2. The third-order valence-corrected chi connectivity index (χ3v) is 3.85. The van der Waals surface area contributed by atoms with E-state index in [-0.39, 0.29) is 5.91 Å². The first-order valence-corrected chi connectivity index (χ1v) is 7.19. The molecule has 3 heteroatoms. The van der Waals surface area contributed by atoms with E-state index in [4.69, 9.17) is 4.74 Å². The van der Waals surface area contributed by atoms with Crippen molar-refractivity contribution < 1.29 is 9.53 Å². The summed E-state index contributed by atoms with van der Waals surface area (Å²) in [4.78, 5) is 14.8. The van der Waals surface area contributed by atoms with E-state index in [9.17, 15) is 4.79 Å². The lowest BCUT2D eigenvalue weighted by atomic mass is 9.96. The van der Waals surface area contributed by atoms with Gasteiger partial charge in [0.1, 0.15) is 5.75 Å². The molecule has 1 aliphatic heterocycles. The number of piperidine rings is 1. The fraction of sp³-hybridized carbons (Fsp3) is 0.562. The molecule has 104 valence electrons. The van der Waals surface area contributed by atoms with Gasteiger partial charge in [-0.05, 0) is 52.2 Å². The molecule has 0 N–H and O–H groups in total. The van der Waals surface area contributed by atoms with E-state index in [1.165, 1.54) is 6.42 Å². The van der Waals surface area contributed by atoms with E-state index in [0.29, 0.717) is 30.0 Å². The van der Waals surface area contributed by atoms with Gasteiger partial charge in [0.15, 0.2) is 0 Å². The second-order valence-electron chi connectivity index (χ2n) is 5.27. The highest BCUT2D eigenvalue weighted by molar-refractivity contribution is 5.97. The normalized spacial score (nSPS) is 23.2. The van der Waals surface area contributed by atoms with Gasteiger partial charge in [-0.15, -0.1) is 0 Å². The molecule has 0 aliphatic carbocycles. The maximum absolute atomic E-state index is 12.8. The molecular formula is C16H23NO2. The first-order chi connectivity index (χ1) is 9.15. The fourth-order valence-electron chi connectivity index (χ4n) is 2.89. The van der Waals surface area contributed by atoms with Gasteiger partial charge in [-0.2, -0.15) is 0 Å². The van der Waals surface area contributed by atoms with E-state index >= 15 is 0 Å². The Bertz CT molecular complexity index is 434. The number of ether oxygens (including phenoxy) is 1. The number of amides is 1. The molecule has 1 aromatic rings. The lowest BCUT2D eigenvalue weighted by Crippen LogP contribution is -2.47. The summed E-state index contributed by atoms with van der Waals surface area (Å²) in [7, 11) is 0. The Balaban J connectivity index is 2.27. The summed E-state index contributed by atoms with van der Waals surface area (Å²) in [6.45, 7) is 6.79. The van der Waals surface area contributed by atoms with Crippen LogP contribution in [0, 0.1) is 0 Å². The highest BCUT2D eigenvalue weighted by Crippen LogP contribution is 2.27. The third kappa shape index (κ3) is 2.91. The summed E-state index contributed by atoms with van der Waals surface area (Å²) in [6.07, 6.45) is 3.39. The molecular weight excluding hydrogens is 238 g/mol. The minimum absolute atomic E-state index is 0.101. The highest BCUT2D eigenvalue weighted by atomic mass is 16.5. The molecule has 19 heavy (non-hydrogen) atoms. The van der Waals surface area contributed by atoms with Crippen molar-refractivity contribution in [3.63, 3.8) is 0 Å². The van der Waals surface area contributed by atoms with Gasteiger partial charge in [0.2, 0.25) is 0 Å². The molecule has 1 saturated heterocycles. The van der Waals surface area contributed by atoms with Crippen molar-refractivity contribution in [2.45, 2.75) is 52.1 Å². The lowest BCUT2D eigenvalue weighted by Gasteiger charge is -2.39. The highest BCUT2D eigenvalue weighted by Gasteiger charge is 2.30. The molecule has 1 fully saturated rings. The minimum atomic E-state index is 0.101. The van der Waals surface area contributed by atoms with Crippen molar-refractivity contribution in [3.8, 4) is 5.75 Å². The van der Waals surface area contributed by atoms with Crippen molar-refractivity contribution >= 4 is 5.91 Å². The molecule has 3 nitrogen and oxygen atoms in total. The van der Waals surface area contributed by atoms with Crippen LogP contribution in [-0.4, -0.2) is 29.5 Å². The largest absolute Gasteiger partial charge is 0.493 e. The van der Waals surface area contributed by atoms with Gasteiger partial charge in [-0.1, -0.05) is 12.1 Å². The van der Waals surface area contributed by atoms with Crippen LogP contribution in [0.3, 0.4) is 0 Å². The molecule has 1 heterocycles. The van der Waals surface area contributed by atoms with E-state index in [1.807, 2.05) is 36.1 Å². The van der Waals surface area contributed by atoms with Crippen LogP contribution in [-0.2, 0) is 0 Å². The molecule has 0 spiro atoms. The van der Waals surface area contributed by atoms with Gasteiger partial charge < -0.3 is 9.64 Å². The zero-order chi connectivity index (χ0) is 13.8. The summed E-state index contributed by atoms with van der Waals surface area (Å²) >= 11 is 0. The number of para-hydroxylation sites is 1. The number of nitrogens with zero attached hydrogens (tertiary/aromatic N) is 1. The van der Waals surface area contributed by atoms with Crippen LogP contribution in [0.25, 0.3) is 0 Å². The van der Waals surface area contributed by atoms with Crippen LogP contribution in [0.1, 0.15) is 50.4 Å². The molecule has 0 bridgehead atoms. The molecule has 2 atom stereocenters. The van der Waals surface area contributed by atoms with E-state index in [2.05, 4.69) is 13.8 Å². The van der Waals surface area contributed by atoms with Crippen LogP contribution in [0.4, 0.5) is 0 Å². The van der Waals surface area contributed by atoms with Gasteiger partial charge in [-0.3, -0.25) is 4.79 Å². The second-order valence-corrected chi connectivity index (χ2v) is 5.27. The summed E-state index contributed by atoms with van der Waals surface area (Å²) < 4.78 is 5.57. The fourth-order valence-corrected chi connectivity index (χ4v) is 2.89. The molecule has 0 saturated carbocycles. The molecule has 2 unspecified atom stereocenters. The Morgan fingerprint density at radius 3 is 2.53 bits per heavy atom. The SMILES string of the molecule is CCOc1ccccc1C(=O)N1C(C)CCCC1C. The van der Waals surface area contributed by atoms with E-state index in [0.717, 1.165) is 12.8 Å². The molecule has 1 aromatic carbocycles. The van der Waals surface area contributed by atoms with Crippen molar-refractivity contribution in [1.29, 1.82) is 0 Å². The van der Waals surface area contributed by atoms with Crippen LogP contribution < -0.4 is 4.74 Å². The number of benzene rings is 1. The maximum Gasteiger partial charge on any atom is 0.258 e. The first kappa shape index (κ1) is 13.9. The average Bonchev–Trinajstić information content (AvgIpc) is 2.39. The summed E-state index contributed by atoms with van der Waals surface area (Å²) in [5, 5.41) is 0. The van der Waals surface area contributed by atoms with E-state index in [1.54, 1.807) is 0 Å². The number of likely N-dealkylation sites (tertiary alicyclic amines) is 1. The topological polar surface area (TPSA) is 29.5 Å². The monoisotopic (exact) mass is 261 g/mol. The lowest BCUT2D eigenvalue weighted by molar-refractivity contribution is 0.0507. The molecule has 0 radical (unpaired) electrons. The predicted octanol–water partition coefficient (Wildman–Crippen LogP) is 3.49. The summed E-state index contributed by atoms with van der Waals surface area (Å²) in [5.41, 5.74) is 0.685. The average molecular weight is 261 g/mol. The third-order valence-electron chi connectivity index (χ3n) is 3.85.